The molecule has 0 aromatic heterocycles. The van der Waals surface area contributed by atoms with E-state index in [-0.39, 0.29) is 5.91 Å². The Morgan fingerprint density at radius 1 is 1.46 bits per heavy atom. The van der Waals surface area contributed by atoms with E-state index in [1.54, 1.807) is 6.07 Å². The molecule has 1 unspecified atom stereocenters. The molecule has 1 aliphatic rings. The lowest BCUT2D eigenvalue weighted by Gasteiger charge is -2.09. The Morgan fingerprint density at radius 2 is 2.15 bits per heavy atom. The molecule has 13 heavy (non-hydrogen) atoms. The van der Waals surface area contributed by atoms with E-state index in [1.165, 1.54) is 11.2 Å². The maximum absolute atomic E-state index is 11.7. The summed E-state index contributed by atoms with van der Waals surface area (Å²) in [5.74, 6) is -0.144. The van der Waals surface area contributed by atoms with Crippen molar-refractivity contribution in [3.63, 3.8) is 0 Å². The maximum atomic E-state index is 11.7. The van der Waals surface area contributed by atoms with Gasteiger partial charge in [-0.05, 0) is 11.6 Å². The van der Waals surface area contributed by atoms with E-state index in [2.05, 4.69) is 0 Å². The molecule has 0 spiro atoms. The lowest BCUT2D eigenvalue weighted by molar-refractivity contribution is -0.124. The summed E-state index contributed by atoms with van der Waals surface area (Å²) in [4.78, 5) is 11.8. The Labute approximate surface area is 79.0 Å². The van der Waals surface area contributed by atoms with E-state index in [9.17, 15) is 9.00 Å². The quantitative estimate of drug-likeness (QED) is 0.621. The molecule has 1 aromatic rings. The summed E-state index contributed by atoms with van der Waals surface area (Å²) in [6.07, 6.45) is 0. The van der Waals surface area contributed by atoms with Gasteiger partial charge in [-0.25, -0.2) is 4.21 Å². The molecular weight excluding hydrogens is 186 g/mol. The monoisotopic (exact) mass is 195 g/mol. The average molecular weight is 195 g/mol. The summed E-state index contributed by atoms with van der Waals surface area (Å²) in [6, 6.07) is 7.42. The van der Waals surface area contributed by atoms with Crippen LogP contribution in [0.25, 0.3) is 0 Å². The van der Waals surface area contributed by atoms with E-state index in [1.807, 2.05) is 18.2 Å². The van der Waals surface area contributed by atoms with Crippen LogP contribution in [0.4, 0.5) is 0 Å². The molecular formula is C9H9NO2S. The lowest BCUT2D eigenvalue weighted by Crippen LogP contribution is -2.24. The van der Waals surface area contributed by atoms with Crippen molar-refractivity contribution in [2.24, 2.45) is 0 Å². The Morgan fingerprint density at radius 3 is 2.77 bits per heavy atom. The molecule has 0 fully saturated rings. The number of hydrogen-bond acceptors (Lipinski definition) is 2. The molecule has 0 aliphatic carbocycles. The van der Waals surface area contributed by atoms with Crippen LogP contribution in [0, 0.1) is 0 Å². The third kappa shape index (κ3) is 1.27. The van der Waals surface area contributed by atoms with Crippen molar-refractivity contribution in [1.82, 2.24) is 4.31 Å². The van der Waals surface area contributed by atoms with Gasteiger partial charge in [-0.15, -0.1) is 0 Å². The van der Waals surface area contributed by atoms with Gasteiger partial charge in [-0.3, -0.25) is 9.10 Å². The first-order valence-electron chi connectivity index (χ1n) is 3.98. The third-order valence-electron chi connectivity index (χ3n) is 2.03. The number of fused-ring (bicyclic) bond motifs is 1. The smallest absolute Gasteiger partial charge is 0.231 e. The van der Waals surface area contributed by atoms with Gasteiger partial charge in [-0.2, -0.15) is 0 Å². The molecule has 0 N–H and O–H groups in total. The van der Waals surface area contributed by atoms with Crippen molar-refractivity contribution >= 4 is 16.9 Å². The SMILES string of the molecule is CC(=O)N1Cc2ccccc2S1=O. The van der Waals surface area contributed by atoms with Crippen LogP contribution in [-0.4, -0.2) is 14.4 Å². The zero-order chi connectivity index (χ0) is 9.42. The van der Waals surface area contributed by atoms with Crippen LogP contribution >= 0.6 is 0 Å². The van der Waals surface area contributed by atoms with Crippen LogP contribution in [0.5, 0.6) is 0 Å². The fraction of sp³-hybridized carbons (Fsp3) is 0.222. The van der Waals surface area contributed by atoms with E-state index in [4.69, 9.17) is 0 Å². The summed E-state index contributed by atoms with van der Waals surface area (Å²) in [5.41, 5.74) is 0.982. The minimum atomic E-state index is -1.28. The maximum Gasteiger partial charge on any atom is 0.231 e. The third-order valence-corrected chi connectivity index (χ3v) is 3.59. The fourth-order valence-electron chi connectivity index (χ4n) is 1.36. The van der Waals surface area contributed by atoms with Gasteiger partial charge in [0.1, 0.15) is 0 Å². The summed E-state index contributed by atoms with van der Waals surface area (Å²) in [6.45, 7) is 1.90. The first-order valence-corrected chi connectivity index (χ1v) is 5.08. The van der Waals surface area contributed by atoms with Gasteiger partial charge in [0.2, 0.25) is 5.91 Å². The minimum Gasteiger partial charge on any atom is -0.274 e. The molecule has 1 heterocycles. The second kappa shape index (κ2) is 2.96. The van der Waals surface area contributed by atoms with Gasteiger partial charge in [0.05, 0.1) is 11.4 Å². The number of carbonyl (C=O) groups excluding carboxylic acids is 1. The zero-order valence-corrected chi connectivity index (χ0v) is 8.00. The number of rotatable bonds is 0. The summed E-state index contributed by atoms with van der Waals surface area (Å²) in [5, 5.41) is 0. The van der Waals surface area contributed by atoms with Gasteiger partial charge < -0.3 is 0 Å². The minimum absolute atomic E-state index is 0.144. The zero-order valence-electron chi connectivity index (χ0n) is 7.19. The molecule has 0 radical (unpaired) electrons. The highest BCUT2D eigenvalue weighted by Crippen LogP contribution is 2.26. The van der Waals surface area contributed by atoms with E-state index in [0.717, 1.165) is 10.5 Å². The fourth-order valence-corrected chi connectivity index (χ4v) is 2.64. The molecule has 0 bridgehead atoms. The number of nitrogens with zero attached hydrogens (tertiary/aromatic N) is 1. The first-order chi connectivity index (χ1) is 6.20. The molecule has 3 nitrogen and oxygen atoms in total. The summed E-state index contributed by atoms with van der Waals surface area (Å²) < 4.78 is 13.0. The molecule has 68 valence electrons. The number of benzene rings is 1. The highest BCUT2D eigenvalue weighted by atomic mass is 32.2. The molecule has 4 heteroatoms. The standard InChI is InChI=1S/C9H9NO2S/c1-7(11)10-6-8-4-2-3-5-9(8)13(10)12/h2-5H,6H2,1H3. The molecule has 1 aliphatic heterocycles. The van der Waals surface area contributed by atoms with E-state index < -0.39 is 11.0 Å². The summed E-state index contributed by atoms with van der Waals surface area (Å²) in [7, 11) is -1.28. The summed E-state index contributed by atoms with van der Waals surface area (Å²) >= 11 is 0. The second-order valence-corrected chi connectivity index (χ2v) is 4.29. The Balaban J connectivity index is 2.44. The van der Waals surface area contributed by atoms with Crippen molar-refractivity contribution in [2.75, 3.05) is 0 Å². The lowest BCUT2D eigenvalue weighted by atomic mass is 10.2. The van der Waals surface area contributed by atoms with E-state index in [0.29, 0.717) is 6.54 Å². The molecule has 1 atom stereocenters. The van der Waals surface area contributed by atoms with Crippen LogP contribution in [0.15, 0.2) is 29.2 Å². The normalized spacial score (nSPS) is 20.1. The Bertz CT molecular complexity index is 389. The van der Waals surface area contributed by atoms with Crippen LogP contribution in [-0.2, 0) is 22.3 Å². The van der Waals surface area contributed by atoms with Gasteiger partial charge in [0.25, 0.3) is 0 Å². The Kier molecular flexibility index (Phi) is 1.92. The largest absolute Gasteiger partial charge is 0.274 e. The average Bonchev–Trinajstić information content (AvgIpc) is 2.45. The predicted molar refractivity (Wildman–Crippen MR) is 49.1 cm³/mol. The van der Waals surface area contributed by atoms with Crippen LogP contribution in [0.2, 0.25) is 0 Å². The molecule has 1 amide bonds. The molecule has 1 aromatic carbocycles. The van der Waals surface area contributed by atoms with Crippen molar-refractivity contribution in [1.29, 1.82) is 0 Å². The molecule has 0 saturated carbocycles. The van der Waals surface area contributed by atoms with Crippen molar-refractivity contribution in [3.8, 4) is 0 Å². The predicted octanol–water partition coefficient (Wildman–Crippen LogP) is 1.07. The highest BCUT2D eigenvalue weighted by molar-refractivity contribution is 7.83. The van der Waals surface area contributed by atoms with E-state index >= 15 is 0 Å². The molecule has 2 rings (SSSR count). The van der Waals surface area contributed by atoms with Gasteiger partial charge in [0.15, 0.2) is 11.0 Å². The van der Waals surface area contributed by atoms with Crippen molar-refractivity contribution < 1.29 is 9.00 Å². The Hall–Kier alpha value is -1.16. The van der Waals surface area contributed by atoms with Gasteiger partial charge in [0, 0.05) is 6.92 Å². The molecule has 0 saturated heterocycles. The first kappa shape index (κ1) is 8.44. The second-order valence-electron chi connectivity index (χ2n) is 2.91. The van der Waals surface area contributed by atoms with Crippen molar-refractivity contribution in [2.45, 2.75) is 18.4 Å². The van der Waals surface area contributed by atoms with Crippen LogP contribution in [0.3, 0.4) is 0 Å². The number of carbonyl (C=O) groups is 1. The topological polar surface area (TPSA) is 37.4 Å². The van der Waals surface area contributed by atoms with Crippen molar-refractivity contribution in [3.05, 3.63) is 29.8 Å². The number of amides is 1. The van der Waals surface area contributed by atoms with Gasteiger partial charge in [-0.1, -0.05) is 18.2 Å². The van der Waals surface area contributed by atoms with Gasteiger partial charge >= 0.3 is 0 Å². The van der Waals surface area contributed by atoms with Crippen LogP contribution in [0.1, 0.15) is 12.5 Å². The van der Waals surface area contributed by atoms with Crippen LogP contribution < -0.4 is 0 Å². The number of hydrogen-bond donors (Lipinski definition) is 0. The highest BCUT2D eigenvalue weighted by Gasteiger charge is 2.27.